The third-order valence-corrected chi connectivity index (χ3v) is 8.94. The van der Waals surface area contributed by atoms with Gasteiger partial charge in [0.05, 0.1) is 25.7 Å². The van der Waals surface area contributed by atoms with Crippen LogP contribution in [-0.4, -0.2) is 25.9 Å². The second kappa shape index (κ2) is 12.7. The predicted molar refractivity (Wildman–Crippen MR) is 143 cm³/mol. The van der Waals surface area contributed by atoms with Gasteiger partial charge in [-0.2, -0.15) is 8.78 Å². The average molecular weight is 565 g/mol. The van der Waals surface area contributed by atoms with Crippen LogP contribution in [0, 0.1) is 35.3 Å². The molecule has 0 N–H and O–H groups in total. The van der Waals surface area contributed by atoms with Crippen molar-refractivity contribution in [3.8, 4) is 11.5 Å². The van der Waals surface area contributed by atoms with Gasteiger partial charge in [-0.3, -0.25) is 0 Å². The van der Waals surface area contributed by atoms with E-state index >= 15 is 4.39 Å². The molecule has 4 nitrogen and oxygen atoms in total. The van der Waals surface area contributed by atoms with Crippen LogP contribution < -0.4 is 9.47 Å². The number of halogens is 4. The molecule has 0 atom stereocenters. The van der Waals surface area contributed by atoms with Crippen LogP contribution in [0.15, 0.2) is 36.4 Å². The molecule has 0 aromatic heterocycles. The molecular formula is C32H40F4O4. The molecule has 0 unspecified atom stereocenters. The Hall–Kier alpha value is -2.32. The molecule has 2 saturated carbocycles. The minimum absolute atomic E-state index is 0.0199. The number of alkyl halides is 2. The second-order valence-corrected chi connectivity index (χ2v) is 11.8. The summed E-state index contributed by atoms with van der Waals surface area (Å²) in [5.74, 6) is -0.623. The molecule has 5 rings (SSSR count). The van der Waals surface area contributed by atoms with E-state index in [2.05, 4.69) is 6.92 Å². The van der Waals surface area contributed by atoms with Crippen molar-refractivity contribution in [3.63, 3.8) is 0 Å². The van der Waals surface area contributed by atoms with Crippen molar-refractivity contribution in [3.05, 3.63) is 59.2 Å². The Morgan fingerprint density at radius 3 is 2.08 bits per heavy atom. The van der Waals surface area contributed by atoms with Gasteiger partial charge in [0.1, 0.15) is 11.6 Å². The monoisotopic (exact) mass is 564 g/mol. The lowest BCUT2D eigenvalue weighted by molar-refractivity contribution is -0.224. The smallest absolute Gasteiger partial charge is 0.400 e. The van der Waals surface area contributed by atoms with Crippen molar-refractivity contribution in [1.82, 2.24) is 0 Å². The fourth-order valence-electron chi connectivity index (χ4n) is 6.70. The number of benzene rings is 2. The molecule has 3 fully saturated rings. The van der Waals surface area contributed by atoms with Crippen molar-refractivity contribution in [1.29, 1.82) is 0 Å². The first-order chi connectivity index (χ1) is 19.2. The third-order valence-electron chi connectivity index (χ3n) is 8.94. The van der Waals surface area contributed by atoms with Crippen molar-refractivity contribution in [2.24, 2.45) is 23.7 Å². The molecule has 3 aliphatic rings. The summed E-state index contributed by atoms with van der Waals surface area (Å²) in [6.45, 7) is 5.27. The van der Waals surface area contributed by atoms with E-state index in [1.807, 2.05) is 12.1 Å². The largest absolute Gasteiger partial charge is 0.491 e. The first-order valence-electron chi connectivity index (χ1n) is 14.7. The van der Waals surface area contributed by atoms with Crippen LogP contribution in [-0.2, 0) is 9.47 Å². The van der Waals surface area contributed by atoms with E-state index in [9.17, 15) is 13.2 Å². The van der Waals surface area contributed by atoms with E-state index in [-0.39, 0.29) is 29.8 Å². The Morgan fingerprint density at radius 1 is 0.825 bits per heavy atom. The van der Waals surface area contributed by atoms with Gasteiger partial charge in [0, 0.05) is 17.5 Å². The lowest BCUT2D eigenvalue weighted by Gasteiger charge is -2.39. The fourth-order valence-corrected chi connectivity index (χ4v) is 6.70. The highest BCUT2D eigenvalue weighted by Gasteiger charge is 2.45. The highest BCUT2D eigenvalue weighted by molar-refractivity contribution is 5.33. The van der Waals surface area contributed by atoms with Gasteiger partial charge in [0.15, 0.2) is 17.9 Å². The molecule has 220 valence electrons. The van der Waals surface area contributed by atoms with Crippen LogP contribution in [0.1, 0.15) is 88.5 Å². The number of rotatable bonds is 8. The summed E-state index contributed by atoms with van der Waals surface area (Å²) in [5.41, 5.74) is 1.46. The zero-order valence-corrected chi connectivity index (χ0v) is 23.4. The summed E-state index contributed by atoms with van der Waals surface area (Å²) in [5, 5.41) is 0. The van der Waals surface area contributed by atoms with E-state index in [0.29, 0.717) is 49.4 Å². The molecule has 1 saturated heterocycles. The Labute approximate surface area is 234 Å². The molecule has 0 radical (unpaired) electrons. The van der Waals surface area contributed by atoms with Crippen molar-refractivity contribution < 1.29 is 36.5 Å². The summed E-state index contributed by atoms with van der Waals surface area (Å²) in [4.78, 5) is 0. The SMILES string of the molecule is CCOc1ccc(OC(F)(F)C2CCC(C3CCC(c4ccc(C5OCC(C)CO5)cc4F)CC3)CC2)cc1F. The van der Waals surface area contributed by atoms with Gasteiger partial charge in [-0.05, 0) is 99.8 Å². The predicted octanol–water partition coefficient (Wildman–Crippen LogP) is 8.80. The molecule has 1 aliphatic heterocycles. The van der Waals surface area contributed by atoms with Crippen LogP contribution in [0.25, 0.3) is 0 Å². The van der Waals surface area contributed by atoms with Gasteiger partial charge in [-0.15, -0.1) is 0 Å². The van der Waals surface area contributed by atoms with Crippen molar-refractivity contribution in [2.45, 2.75) is 83.5 Å². The summed E-state index contributed by atoms with van der Waals surface area (Å²) in [6, 6.07) is 8.93. The Bertz CT molecular complexity index is 1120. The van der Waals surface area contributed by atoms with Gasteiger partial charge in [-0.1, -0.05) is 19.1 Å². The first kappa shape index (κ1) is 29.2. The maximum atomic E-state index is 15.1. The zero-order valence-electron chi connectivity index (χ0n) is 23.4. The van der Waals surface area contributed by atoms with E-state index < -0.39 is 24.1 Å². The van der Waals surface area contributed by atoms with Gasteiger partial charge >= 0.3 is 6.11 Å². The number of hydrogen-bond donors (Lipinski definition) is 0. The van der Waals surface area contributed by atoms with E-state index in [4.69, 9.17) is 18.9 Å². The summed E-state index contributed by atoms with van der Waals surface area (Å²) in [6.07, 6.45) is 2.07. The molecule has 0 spiro atoms. The minimum Gasteiger partial charge on any atom is -0.491 e. The maximum absolute atomic E-state index is 15.1. The zero-order chi connectivity index (χ0) is 28.3. The molecule has 0 amide bonds. The van der Waals surface area contributed by atoms with Crippen LogP contribution in [0.4, 0.5) is 17.6 Å². The lowest BCUT2D eigenvalue weighted by Crippen LogP contribution is -2.38. The molecular weight excluding hydrogens is 524 g/mol. The second-order valence-electron chi connectivity index (χ2n) is 11.8. The normalized spacial score (nSPS) is 29.6. The minimum atomic E-state index is -3.36. The molecule has 2 aromatic carbocycles. The highest BCUT2D eigenvalue weighted by atomic mass is 19.3. The molecule has 1 heterocycles. The summed E-state index contributed by atoms with van der Waals surface area (Å²) in [7, 11) is 0. The highest BCUT2D eigenvalue weighted by Crippen LogP contribution is 2.47. The van der Waals surface area contributed by atoms with Crippen molar-refractivity contribution >= 4 is 0 Å². The van der Waals surface area contributed by atoms with Crippen LogP contribution >= 0.6 is 0 Å². The molecule has 2 aliphatic carbocycles. The van der Waals surface area contributed by atoms with Crippen molar-refractivity contribution in [2.75, 3.05) is 19.8 Å². The number of ether oxygens (including phenoxy) is 4. The standard InChI is InChI=1S/C32H40F4O4/c1-3-37-30-15-13-26(17-29(30)34)40-32(35,36)25-11-8-22(9-12-25)21-4-6-23(7-5-21)27-14-10-24(16-28(27)33)31-38-18-20(2)19-39-31/h10,13-17,20-23,25,31H,3-9,11-12,18-19H2,1-2H3. The molecule has 0 bridgehead atoms. The van der Waals surface area contributed by atoms with E-state index in [0.717, 1.165) is 50.2 Å². The quantitative estimate of drug-likeness (QED) is 0.300. The summed E-state index contributed by atoms with van der Waals surface area (Å²) < 4.78 is 80.6. The first-order valence-corrected chi connectivity index (χ1v) is 14.7. The third kappa shape index (κ3) is 6.76. The molecule has 40 heavy (non-hydrogen) atoms. The summed E-state index contributed by atoms with van der Waals surface area (Å²) >= 11 is 0. The van der Waals surface area contributed by atoms with Crippen LogP contribution in [0.2, 0.25) is 0 Å². The Kier molecular flexibility index (Phi) is 9.25. The molecule has 8 heteroatoms. The number of hydrogen-bond acceptors (Lipinski definition) is 4. The van der Waals surface area contributed by atoms with Crippen LogP contribution in [0.5, 0.6) is 11.5 Å². The maximum Gasteiger partial charge on any atom is 0.400 e. The van der Waals surface area contributed by atoms with Gasteiger partial charge in [0.2, 0.25) is 0 Å². The topological polar surface area (TPSA) is 36.9 Å². The Balaban J connectivity index is 1.10. The van der Waals surface area contributed by atoms with Gasteiger partial charge < -0.3 is 18.9 Å². The van der Waals surface area contributed by atoms with E-state index in [1.54, 1.807) is 13.0 Å². The van der Waals surface area contributed by atoms with Crippen LogP contribution in [0.3, 0.4) is 0 Å². The Morgan fingerprint density at radius 2 is 1.48 bits per heavy atom. The fraction of sp³-hybridized carbons (Fsp3) is 0.625. The molecule has 2 aromatic rings. The lowest BCUT2D eigenvalue weighted by atomic mass is 9.68. The van der Waals surface area contributed by atoms with Gasteiger partial charge in [-0.25, -0.2) is 8.78 Å². The van der Waals surface area contributed by atoms with Gasteiger partial charge in [0.25, 0.3) is 0 Å². The van der Waals surface area contributed by atoms with E-state index in [1.165, 1.54) is 12.1 Å². The average Bonchev–Trinajstić information content (AvgIpc) is 2.95.